The van der Waals surface area contributed by atoms with Gasteiger partial charge in [-0.15, -0.1) is 0 Å². The van der Waals surface area contributed by atoms with Crippen molar-refractivity contribution < 1.29 is 9.59 Å². The molecule has 1 heterocycles. The third-order valence-corrected chi connectivity index (χ3v) is 4.01. The Morgan fingerprint density at radius 3 is 2.62 bits per heavy atom. The van der Waals surface area contributed by atoms with Crippen LogP contribution in [0.25, 0.3) is 0 Å². The number of anilines is 2. The van der Waals surface area contributed by atoms with Crippen LogP contribution >= 0.6 is 0 Å². The van der Waals surface area contributed by atoms with Crippen LogP contribution in [0, 0.1) is 11.3 Å². The number of rotatable bonds is 3. The van der Waals surface area contributed by atoms with Crippen LogP contribution in [0.2, 0.25) is 0 Å². The van der Waals surface area contributed by atoms with Gasteiger partial charge in [0.1, 0.15) is 0 Å². The molecule has 5 nitrogen and oxygen atoms in total. The average molecular weight is 289 g/mol. The van der Waals surface area contributed by atoms with Crippen LogP contribution in [0.15, 0.2) is 24.3 Å². The molecule has 1 aromatic rings. The van der Waals surface area contributed by atoms with E-state index in [1.807, 2.05) is 12.1 Å². The number of nitrogen functional groups attached to an aromatic ring is 1. The molecule has 0 aliphatic carbocycles. The van der Waals surface area contributed by atoms with Crippen molar-refractivity contribution in [3.63, 3.8) is 0 Å². The van der Waals surface area contributed by atoms with Gasteiger partial charge in [0.25, 0.3) is 0 Å². The molecule has 1 fully saturated rings. The Kier molecular flexibility index (Phi) is 4.21. The monoisotopic (exact) mass is 289 g/mol. The summed E-state index contributed by atoms with van der Waals surface area (Å²) >= 11 is 0. The fraction of sp³-hybridized carbons (Fsp3) is 0.500. The summed E-state index contributed by atoms with van der Waals surface area (Å²) in [6.07, 6.45) is 0.518. The van der Waals surface area contributed by atoms with Crippen LogP contribution < -0.4 is 11.1 Å². The van der Waals surface area contributed by atoms with E-state index in [-0.39, 0.29) is 23.8 Å². The topological polar surface area (TPSA) is 75.4 Å². The summed E-state index contributed by atoms with van der Waals surface area (Å²) < 4.78 is 0. The molecule has 1 aliphatic heterocycles. The van der Waals surface area contributed by atoms with E-state index in [9.17, 15) is 9.59 Å². The SMILES string of the molecule is CC(C)(C)C1CC(=O)N(CC(=O)Nc2ccccc2N)C1. The Hall–Kier alpha value is -2.04. The number of carbonyl (C=O) groups is 2. The van der Waals surface area contributed by atoms with E-state index in [1.54, 1.807) is 17.0 Å². The lowest BCUT2D eigenvalue weighted by molar-refractivity contribution is -0.131. The van der Waals surface area contributed by atoms with E-state index in [1.165, 1.54) is 0 Å². The number of nitrogens with zero attached hydrogens (tertiary/aromatic N) is 1. The molecule has 1 unspecified atom stereocenters. The Bertz CT molecular complexity index is 549. The molecule has 0 bridgehead atoms. The molecule has 3 N–H and O–H groups in total. The van der Waals surface area contributed by atoms with Crippen molar-refractivity contribution in [2.45, 2.75) is 27.2 Å². The van der Waals surface area contributed by atoms with E-state index in [0.29, 0.717) is 30.3 Å². The molecule has 1 aromatic carbocycles. The zero-order valence-electron chi connectivity index (χ0n) is 12.8. The molecule has 1 aliphatic rings. The van der Waals surface area contributed by atoms with Crippen LogP contribution in [0.3, 0.4) is 0 Å². The molecule has 2 amide bonds. The number of nitrogens with two attached hydrogens (primary N) is 1. The zero-order valence-corrected chi connectivity index (χ0v) is 12.8. The molecule has 21 heavy (non-hydrogen) atoms. The molecule has 0 aromatic heterocycles. The van der Waals surface area contributed by atoms with Gasteiger partial charge < -0.3 is 16.0 Å². The quantitative estimate of drug-likeness (QED) is 0.837. The van der Waals surface area contributed by atoms with E-state index in [2.05, 4.69) is 26.1 Å². The fourth-order valence-corrected chi connectivity index (χ4v) is 2.48. The normalized spacial score (nSPS) is 18.9. The summed E-state index contributed by atoms with van der Waals surface area (Å²) in [7, 11) is 0. The van der Waals surface area contributed by atoms with Crippen LogP contribution in [0.1, 0.15) is 27.2 Å². The third-order valence-electron chi connectivity index (χ3n) is 4.01. The summed E-state index contributed by atoms with van der Waals surface area (Å²) in [6, 6.07) is 7.09. The highest BCUT2D eigenvalue weighted by Gasteiger charge is 2.37. The van der Waals surface area contributed by atoms with E-state index in [4.69, 9.17) is 5.73 Å². The molecule has 1 saturated heterocycles. The number of nitrogens with one attached hydrogen (secondary N) is 1. The maximum atomic E-state index is 12.1. The molecule has 0 radical (unpaired) electrons. The Labute approximate surface area is 125 Å². The second-order valence-corrected chi connectivity index (χ2v) is 6.68. The number of hydrogen-bond donors (Lipinski definition) is 2. The highest BCUT2D eigenvalue weighted by atomic mass is 16.2. The van der Waals surface area contributed by atoms with Gasteiger partial charge in [0.15, 0.2) is 0 Å². The van der Waals surface area contributed by atoms with Crippen molar-refractivity contribution in [3.8, 4) is 0 Å². The average Bonchev–Trinajstić information content (AvgIpc) is 2.74. The first kappa shape index (κ1) is 15.4. The molecular weight excluding hydrogens is 266 g/mol. The minimum absolute atomic E-state index is 0.0473. The van der Waals surface area contributed by atoms with Gasteiger partial charge in [0.2, 0.25) is 11.8 Å². The molecule has 0 saturated carbocycles. The van der Waals surface area contributed by atoms with Crippen molar-refractivity contribution in [2.24, 2.45) is 11.3 Å². The Balaban J connectivity index is 1.95. The van der Waals surface area contributed by atoms with Crippen LogP contribution in [-0.4, -0.2) is 29.8 Å². The molecular formula is C16H23N3O2. The standard InChI is InChI=1S/C16H23N3O2/c1-16(2,3)11-8-15(21)19(9-11)10-14(20)18-13-7-5-4-6-12(13)17/h4-7,11H,8-10,17H2,1-3H3,(H,18,20). The second-order valence-electron chi connectivity index (χ2n) is 6.68. The Morgan fingerprint density at radius 2 is 2.05 bits per heavy atom. The van der Waals surface area contributed by atoms with Gasteiger partial charge in [0, 0.05) is 13.0 Å². The lowest BCUT2D eigenvalue weighted by atomic mass is 9.80. The minimum atomic E-state index is -0.212. The lowest BCUT2D eigenvalue weighted by Gasteiger charge is -2.26. The maximum absolute atomic E-state index is 12.1. The third kappa shape index (κ3) is 3.74. The summed E-state index contributed by atoms with van der Waals surface area (Å²) in [5.74, 6) is 0.126. The van der Waals surface area contributed by atoms with Gasteiger partial charge in [0.05, 0.1) is 17.9 Å². The second kappa shape index (κ2) is 5.76. The molecule has 5 heteroatoms. The lowest BCUT2D eigenvalue weighted by Crippen LogP contribution is -2.35. The highest BCUT2D eigenvalue weighted by molar-refractivity contribution is 5.97. The van der Waals surface area contributed by atoms with Gasteiger partial charge >= 0.3 is 0 Å². The van der Waals surface area contributed by atoms with Crippen molar-refractivity contribution in [1.29, 1.82) is 0 Å². The number of carbonyl (C=O) groups excluding carboxylic acids is 2. The Morgan fingerprint density at radius 1 is 1.38 bits per heavy atom. The zero-order chi connectivity index (χ0) is 15.6. The van der Waals surface area contributed by atoms with E-state index >= 15 is 0 Å². The number of likely N-dealkylation sites (tertiary alicyclic amines) is 1. The molecule has 114 valence electrons. The number of hydrogen-bond acceptors (Lipinski definition) is 3. The number of benzene rings is 1. The summed E-state index contributed by atoms with van der Waals surface area (Å²) in [5.41, 5.74) is 6.97. The smallest absolute Gasteiger partial charge is 0.244 e. The van der Waals surface area contributed by atoms with Crippen LogP contribution in [0.4, 0.5) is 11.4 Å². The van der Waals surface area contributed by atoms with Gasteiger partial charge in [-0.3, -0.25) is 9.59 Å². The van der Waals surface area contributed by atoms with E-state index in [0.717, 1.165) is 0 Å². The van der Waals surface area contributed by atoms with Gasteiger partial charge in [-0.1, -0.05) is 32.9 Å². The summed E-state index contributed by atoms with van der Waals surface area (Å²) in [4.78, 5) is 25.7. The minimum Gasteiger partial charge on any atom is -0.397 e. The van der Waals surface area contributed by atoms with Crippen LogP contribution in [-0.2, 0) is 9.59 Å². The largest absolute Gasteiger partial charge is 0.397 e. The van der Waals surface area contributed by atoms with Gasteiger partial charge in [-0.2, -0.15) is 0 Å². The van der Waals surface area contributed by atoms with Crippen molar-refractivity contribution in [2.75, 3.05) is 24.1 Å². The first-order valence-corrected chi connectivity index (χ1v) is 7.19. The van der Waals surface area contributed by atoms with Crippen molar-refractivity contribution in [3.05, 3.63) is 24.3 Å². The maximum Gasteiger partial charge on any atom is 0.244 e. The highest BCUT2D eigenvalue weighted by Crippen LogP contribution is 2.34. The summed E-state index contributed by atoms with van der Waals surface area (Å²) in [5, 5.41) is 2.75. The number of para-hydroxylation sites is 2. The molecule has 0 spiro atoms. The predicted molar refractivity (Wildman–Crippen MR) is 83.6 cm³/mol. The van der Waals surface area contributed by atoms with Crippen molar-refractivity contribution in [1.82, 2.24) is 4.90 Å². The van der Waals surface area contributed by atoms with Crippen LogP contribution in [0.5, 0.6) is 0 Å². The number of amides is 2. The summed E-state index contributed by atoms with van der Waals surface area (Å²) in [6.45, 7) is 7.09. The van der Waals surface area contributed by atoms with Gasteiger partial charge in [-0.25, -0.2) is 0 Å². The fourth-order valence-electron chi connectivity index (χ4n) is 2.48. The molecule has 2 rings (SSSR count). The van der Waals surface area contributed by atoms with Crippen molar-refractivity contribution >= 4 is 23.2 Å². The van der Waals surface area contributed by atoms with Gasteiger partial charge in [-0.05, 0) is 23.5 Å². The molecule has 1 atom stereocenters. The predicted octanol–water partition coefficient (Wildman–Crippen LogP) is 2.10. The van der Waals surface area contributed by atoms with E-state index < -0.39 is 0 Å². The first-order chi connectivity index (χ1) is 9.77. The first-order valence-electron chi connectivity index (χ1n) is 7.19.